The van der Waals surface area contributed by atoms with Crippen molar-refractivity contribution in [1.82, 2.24) is 10.2 Å². The van der Waals surface area contributed by atoms with Crippen molar-refractivity contribution in [3.8, 4) is 0 Å². The van der Waals surface area contributed by atoms with E-state index in [1.807, 2.05) is 18.2 Å². The van der Waals surface area contributed by atoms with Crippen molar-refractivity contribution in [3.05, 3.63) is 50.6 Å². The molecule has 0 bridgehead atoms. The minimum Gasteiger partial charge on any atom is -0.467 e. The van der Waals surface area contributed by atoms with E-state index in [1.54, 1.807) is 29.7 Å². The highest BCUT2D eigenvalue weighted by Crippen LogP contribution is 2.25. The van der Waals surface area contributed by atoms with E-state index >= 15 is 0 Å². The van der Waals surface area contributed by atoms with Crippen LogP contribution in [-0.4, -0.2) is 15.9 Å². The summed E-state index contributed by atoms with van der Waals surface area (Å²) in [5.41, 5.74) is 0.482. The molecule has 2 aromatic rings. The Hall–Kier alpha value is -1.44. The predicted molar refractivity (Wildman–Crippen MR) is 85.0 cm³/mol. The molecule has 0 aromatic carbocycles. The van der Waals surface area contributed by atoms with Crippen LogP contribution in [0.4, 0.5) is 0 Å². The second-order valence-electron chi connectivity index (χ2n) is 4.10. The number of furan rings is 1. The fraction of sp³-hybridized carbons (Fsp3) is 0.0769. The highest BCUT2D eigenvalue weighted by Gasteiger charge is 2.31. The van der Waals surface area contributed by atoms with Gasteiger partial charge in [-0.15, -0.1) is 11.3 Å². The van der Waals surface area contributed by atoms with Crippen LogP contribution in [0.5, 0.6) is 0 Å². The number of nitrogens with zero attached hydrogens (tertiary/aromatic N) is 1. The van der Waals surface area contributed by atoms with Gasteiger partial charge < -0.3 is 9.73 Å². The first-order valence-electron chi connectivity index (χ1n) is 5.76. The topological polar surface area (TPSA) is 45.5 Å². The normalized spacial score (nSPS) is 17.1. The molecule has 0 unspecified atom stereocenters. The number of thiophene rings is 1. The molecule has 3 heterocycles. The molecule has 2 aromatic heterocycles. The summed E-state index contributed by atoms with van der Waals surface area (Å²) in [7, 11) is 0. The zero-order valence-corrected chi connectivity index (χ0v) is 13.3. The van der Waals surface area contributed by atoms with Gasteiger partial charge in [-0.25, -0.2) is 0 Å². The Balaban J connectivity index is 1.81. The van der Waals surface area contributed by atoms with Gasteiger partial charge in [0.1, 0.15) is 11.5 Å². The van der Waals surface area contributed by atoms with Crippen LogP contribution in [0.3, 0.4) is 0 Å². The summed E-state index contributed by atoms with van der Waals surface area (Å²) in [6.45, 7) is 0.336. The van der Waals surface area contributed by atoms with E-state index in [2.05, 4.69) is 21.2 Å². The Morgan fingerprint density at radius 3 is 2.95 bits per heavy atom. The van der Waals surface area contributed by atoms with Crippen LogP contribution in [0, 0.1) is 0 Å². The van der Waals surface area contributed by atoms with Crippen LogP contribution in [0.15, 0.2) is 44.4 Å². The first-order chi connectivity index (χ1) is 9.63. The molecule has 3 rings (SSSR count). The Kier molecular flexibility index (Phi) is 3.73. The highest BCUT2D eigenvalue weighted by atomic mass is 79.9. The van der Waals surface area contributed by atoms with Crippen molar-refractivity contribution >= 4 is 56.6 Å². The Bertz CT molecular complexity index is 691. The smallest absolute Gasteiger partial charge is 0.276 e. The number of halogens is 1. The second-order valence-corrected chi connectivity index (χ2v) is 6.98. The van der Waals surface area contributed by atoms with Crippen molar-refractivity contribution in [2.45, 2.75) is 6.54 Å². The molecule has 0 atom stereocenters. The average molecular weight is 369 g/mol. The second kappa shape index (κ2) is 5.51. The molecule has 1 amide bonds. The number of nitrogens with one attached hydrogen (secondary N) is 1. The summed E-state index contributed by atoms with van der Waals surface area (Å²) < 4.78 is 6.26. The maximum Gasteiger partial charge on any atom is 0.276 e. The largest absolute Gasteiger partial charge is 0.467 e. The molecule has 0 spiro atoms. The minimum atomic E-state index is -0.143. The van der Waals surface area contributed by atoms with Gasteiger partial charge in [0.05, 0.1) is 16.6 Å². The third-order valence-electron chi connectivity index (χ3n) is 2.74. The zero-order chi connectivity index (χ0) is 14.1. The quantitative estimate of drug-likeness (QED) is 0.666. The Morgan fingerprint density at radius 1 is 1.45 bits per heavy atom. The Morgan fingerprint density at radius 2 is 2.30 bits per heavy atom. The summed E-state index contributed by atoms with van der Waals surface area (Å²) in [6.07, 6.45) is 3.37. The molecule has 102 valence electrons. The number of thiocarbonyl (C=S) groups is 1. The average Bonchev–Trinajstić information content (AvgIpc) is 3.10. The summed E-state index contributed by atoms with van der Waals surface area (Å²) in [4.78, 5) is 14.8. The lowest BCUT2D eigenvalue weighted by atomic mass is 10.3. The molecule has 4 nitrogen and oxygen atoms in total. The highest BCUT2D eigenvalue weighted by molar-refractivity contribution is 9.11. The predicted octanol–water partition coefficient (Wildman–Crippen LogP) is 3.36. The van der Waals surface area contributed by atoms with E-state index in [9.17, 15) is 4.79 Å². The van der Waals surface area contributed by atoms with Gasteiger partial charge in [-0.05, 0) is 58.5 Å². The number of rotatable bonds is 3. The lowest BCUT2D eigenvalue weighted by Crippen LogP contribution is -2.29. The number of carbonyl (C=O) groups is 1. The molecule has 1 aliphatic rings. The van der Waals surface area contributed by atoms with Gasteiger partial charge >= 0.3 is 0 Å². The first kappa shape index (κ1) is 13.5. The van der Waals surface area contributed by atoms with Gasteiger partial charge in [-0.2, -0.15) is 0 Å². The number of hydrogen-bond acceptors (Lipinski definition) is 4. The SMILES string of the molecule is O=C1/C(=C\c2ccc(Br)s2)NC(=S)N1Cc1ccco1. The van der Waals surface area contributed by atoms with Crippen molar-refractivity contribution in [2.75, 3.05) is 0 Å². The van der Waals surface area contributed by atoms with Crippen LogP contribution < -0.4 is 5.32 Å². The summed E-state index contributed by atoms with van der Waals surface area (Å²) >= 11 is 10.1. The van der Waals surface area contributed by atoms with Crippen LogP contribution in [0.1, 0.15) is 10.6 Å². The maximum atomic E-state index is 12.3. The number of hydrogen-bond donors (Lipinski definition) is 1. The number of amides is 1. The van der Waals surface area contributed by atoms with Gasteiger partial charge in [-0.3, -0.25) is 9.69 Å². The van der Waals surface area contributed by atoms with Crippen LogP contribution in [0.25, 0.3) is 6.08 Å². The van der Waals surface area contributed by atoms with Crippen LogP contribution in [-0.2, 0) is 11.3 Å². The summed E-state index contributed by atoms with van der Waals surface area (Å²) in [5, 5.41) is 3.34. The van der Waals surface area contributed by atoms with Crippen molar-refractivity contribution < 1.29 is 9.21 Å². The fourth-order valence-corrected chi connectivity index (χ4v) is 3.45. The van der Waals surface area contributed by atoms with Gasteiger partial charge in [-0.1, -0.05) is 0 Å². The maximum absolute atomic E-state index is 12.3. The van der Waals surface area contributed by atoms with Crippen LogP contribution in [0.2, 0.25) is 0 Å². The monoisotopic (exact) mass is 368 g/mol. The lowest BCUT2D eigenvalue weighted by molar-refractivity contribution is -0.122. The molecule has 1 N–H and O–H groups in total. The van der Waals surface area contributed by atoms with Gasteiger partial charge in [0, 0.05) is 4.88 Å². The Labute approximate surface area is 133 Å². The molecule has 0 radical (unpaired) electrons. The minimum absolute atomic E-state index is 0.143. The fourth-order valence-electron chi connectivity index (χ4n) is 1.82. The van der Waals surface area contributed by atoms with Crippen LogP contribution >= 0.6 is 39.5 Å². The summed E-state index contributed by atoms with van der Waals surface area (Å²) in [5.74, 6) is 0.554. The standard InChI is InChI=1S/C13H9BrN2O2S2/c14-11-4-3-9(20-11)6-10-12(17)16(13(19)15-10)7-8-2-1-5-18-8/h1-6H,7H2,(H,15,19)/b10-6+. The van der Waals surface area contributed by atoms with E-state index in [-0.39, 0.29) is 5.91 Å². The van der Waals surface area contributed by atoms with Gasteiger partial charge in [0.15, 0.2) is 5.11 Å². The molecule has 1 saturated heterocycles. The number of carbonyl (C=O) groups excluding carboxylic acids is 1. The zero-order valence-electron chi connectivity index (χ0n) is 10.1. The lowest BCUT2D eigenvalue weighted by Gasteiger charge is -2.11. The van der Waals surface area contributed by atoms with E-state index in [4.69, 9.17) is 16.6 Å². The molecular formula is C13H9BrN2O2S2. The molecule has 1 fully saturated rings. The van der Waals surface area contributed by atoms with E-state index in [0.717, 1.165) is 8.66 Å². The van der Waals surface area contributed by atoms with E-state index in [1.165, 1.54) is 4.90 Å². The van der Waals surface area contributed by atoms with E-state index < -0.39 is 0 Å². The third kappa shape index (κ3) is 2.70. The van der Waals surface area contributed by atoms with Crippen molar-refractivity contribution in [3.63, 3.8) is 0 Å². The van der Waals surface area contributed by atoms with Crippen molar-refractivity contribution in [1.29, 1.82) is 0 Å². The third-order valence-corrected chi connectivity index (χ3v) is 4.63. The summed E-state index contributed by atoms with van der Waals surface area (Å²) in [6, 6.07) is 7.48. The van der Waals surface area contributed by atoms with E-state index in [0.29, 0.717) is 23.1 Å². The molecule has 7 heteroatoms. The first-order valence-corrected chi connectivity index (χ1v) is 7.77. The molecule has 1 aliphatic heterocycles. The molecule has 0 aliphatic carbocycles. The molecule has 0 saturated carbocycles. The van der Waals surface area contributed by atoms with Gasteiger partial charge in [0.2, 0.25) is 0 Å². The van der Waals surface area contributed by atoms with Crippen molar-refractivity contribution in [2.24, 2.45) is 0 Å². The molecule has 20 heavy (non-hydrogen) atoms. The van der Waals surface area contributed by atoms with Gasteiger partial charge in [0.25, 0.3) is 5.91 Å². The molecular weight excluding hydrogens is 360 g/mol.